The van der Waals surface area contributed by atoms with Crippen LogP contribution >= 0.6 is 15.9 Å². The fourth-order valence-corrected chi connectivity index (χ4v) is 2.11. The molecule has 1 rings (SSSR count). The molecule has 1 N–H and O–H groups in total. The molecule has 0 unspecified atom stereocenters. The van der Waals surface area contributed by atoms with Gasteiger partial charge in [0.1, 0.15) is 0 Å². The molecule has 0 bridgehead atoms. The number of hydrogen-bond acceptors (Lipinski definition) is 4. The van der Waals surface area contributed by atoms with Crippen LogP contribution in [0.4, 0.5) is 0 Å². The van der Waals surface area contributed by atoms with E-state index in [-0.39, 0.29) is 12.2 Å². The van der Waals surface area contributed by atoms with E-state index in [9.17, 15) is 0 Å². The second-order valence-corrected chi connectivity index (χ2v) is 5.68. The average Bonchev–Trinajstić information content (AvgIpc) is 2.39. The monoisotopic (exact) mass is 332 g/mol. The molecule has 0 atom stereocenters. The van der Waals surface area contributed by atoms with E-state index in [1.54, 1.807) is 20.3 Å². The highest BCUT2D eigenvalue weighted by atomic mass is 79.9. The van der Waals surface area contributed by atoms with Crippen LogP contribution in [-0.4, -0.2) is 31.5 Å². The van der Waals surface area contributed by atoms with Gasteiger partial charge in [0.2, 0.25) is 0 Å². The number of aliphatic hydroxyl groups excluding tert-OH is 1. The largest absolute Gasteiger partial charge is 0.493 e. The van der Waals surface area contributed by atoms with Crippen LogP contribution in [0.1, 0.15) is 25.8 Å². The summed E-state index contributed by atoms with van der Waals surface area (Å²) in [5, 5.41) is 9.15. The van der Waals surface area contributed by atoms with Crippen molar-refractivity contribution < 1.29 is 19.3 Å². The van der Waals surface area contributed by atoms with Crippen LogP contribution in [0.2, 0.25) is 0 Å². The summed E-state index contributed by atoms with van der Waals surface area (Å²) in [7, 11) is 3.27. The van der Waals surface area contributed by atoms with Crippen molar-refractivity contribution >= 4 is 15.9 Å². The van der Waals surface area contributed by atoms with Gasteiger partial charge in [-0.3, -0.25) is 0 Å². The third-order valence-electron chi connectivity index (χ3n) is 2.97. The summed E-state index contributed by atoms with van der Waals surface area (Å²) in [4.78, 5) is 0. The van der Waals surface area contributed by atoms with Gasteiger partial charge in [-0.05, 0) is 47.5 Å². The van der Waals surface area contributed by atoms with Crippen LogP contribution in [0, 0.1) is 0 Å². The van der Waals surface area contributed by atoms with Crippen LogP contribution in [0.15, 0.2) is 16.6 Å². The summed E-state index contributed by atoms with van der Waals surface area (Å²) >= 11 is 3.43. The second-order valence-electron chi connectivity index (χ2n) is 4.83. The van der Waals surface area contributed by atoms with E-state index in [0.29, 0.717) is 18.1 Å². The molecule has 0 aliphatic carbocycles. The van der Waals surface area contributed by atoms with Gasteiger partial charge in [-0.25, -0.2) is 0 Å². The molecular formula is C14H21BrO4. The number of ether oxygens (including phenoxy) is 3. The lowest BCUT2D eigenvalue weighted by Gasteiger charge is -2.23. The molecule has 108 valence electrons. The van der Waals surface area contributed by atoms with Crippen molar-refractivity contribution in [3.63, 3.8) is 0 Å². The van der Waals surface area contributed by atoms with Gasteiger partial charge in [-0.1, -0.05) is 0 Å². The van der Waals surface area contributed by atoms with Gasteiger partial charge in [0.05, 0.1) is 30.4 Å². The zero-order valence-electron chi connectivity index (χ0n) is 11.8. The normalized spacial score (nSPS) is 11.5. The molecule has 1 aromatic carbocycles. The zero-order chi connectivity index (χ0) is 14.5. The molecule has 0 saturated carbocycles. The lowest BCUT2D eigenvalue weighted by Crippen LogP contribution is -2.25. The van der Waals surface area contributed by atoms with Crippen molar-refractivity contribution in [3.8, 4) is 11.5 Å². The van der Waals surface area contributed by atoms with E-state index < -0.39 is 0 Å². The number of hydrogen-bond donors (Lipinski definition) is 1. The Bertz CT molecular complexity index is 418. The topological polar surface area (TPSA) is 47.9 Å². The van der Waals surface area contributed by atoms with Crippen molar-refractivity contribution in [1.29, 1.82) is 0 Å². The Balaban J connectivity index is 2.78. The number of benzene rings is 1. The molecule has 19 heavy (non-hydrogen) atoms. The van der Waals surface area contributed by atoms with Crippen LogP contribution in [0.3, 0.4) is 0 Å². The molecule has 0 aliphatic rings. The Morgan fingerprint density at radius 2 is 1.95 bits per heavy atom. The van der Waals surface area contributed by atoms with Crippen LogP contribution < -0.4 is 9.47 Å². The molecule has 0 aliphatic heterocycles. The van der Waals surface area contributed by atoms with E-state index in [0.717, 1.165) is 16.5 Å². The molecular weight excluding hydrogens is 312 g/mol. The van der Waals surface area contributed by atoms with Crippen LogP contribution in [0.25, 0.3) is 0 Å². The van der Waals surface area contributed by atoms with Crippen molar-refractivity contribution in [2.75, 3.05) is 20.8 Å². The minimum atomic E-state index is -0.218. The highest BCUT2D eigenvalue weighted by Crippen LogP contribution is 2.37. The highest BCUT2D eigenvalue weighted by molar-refractivity contribution is 9.10. The minimum Gasteiger partial charge on any atom is -0.493 e. The van der Waals surface area contributed by atoms with Gasteiger partial charge in [-0.15, -0.1) is 0 Å². The Hall–Kier alpha value is -0.780. The number of rotatable bonds is 7. The van der Waals surface area contributed by atoms with Gasteiger partial charge in [0, 0.05) is 13.5 Å². The first-order valence-corrected chi connectivity index (χ1v) is 6.88. The SMILES string of the molecule is COc1cc(CO)cc(Br)c1OCCC(C)(C)OC. The maximum Gasteiger partial charge on any atom is 0.175 e. The number of methoxy groups -OCH3 is 2. The van der Waals surface area contributed by atoms with Gasteiger partial charge in [0.15, 0.2) is 11.5 Å². The summed E-state index contributed by atoms with van der Waals surface area (Å²) in [5.74, 6) is 1.25. The first-order valence-electron chi connectivity index (χ1n) is 6.08. The molecule has 0 amide bonds. The molecule has 0 saturated heterocycles. The van der Waals surface area contributed by atoms with Crippen LogP contribution in [-0.2, 0) is 11.3 Å². The van der Waals surface area contributed by atoms with Crippen molar-refractivity contribution in [2.24, 2.45) is 0 Å². The van der Waals surface area contributed by atoms with Gasteiger partial charge >= 0.3 is 0 Å². The fourth-order valence-electron chi connectivity index (χ4n) is 1.51. The first kappa shape index (κ1) is 16.3. The summed E-state index contributed by atoms with van der Waals surface area (Å²) in [6, 6.07) is 3.58. The van der Waals surface area contributed by atoms with Crippen molar-refractivity contribution in [1.82, 2.24) is 0 Å². The van der Waals surface area contributed by atoms with Crippen molar-refractivity contribution in [3.05, 3.63) is 22.2 Å². The molecule has 0 aromatic heterocycles. The first-order chi connectivity index (χ1) is 8.93. The third kappa shape index (κ3) is 4.67. The lowest BCUT2D eigenvalue weighted by molar-refractivity contribution is 0.00518. The van der Waals surface area contributed by atoms with Gasteiger partial charge < -0.3 is 19.3 Å². The quantitative estimate of drug-likeness (QED) is 0.833. The van der Waals surface area contributed by atoms with Crippen molar-refractivity contribution in [2.45, 2.75) is 32.5 Å². The van der Waals surface area contributed by atoms with E-state index >= 15 is 0 Å². The number of halogens is 1. The molecule has 0 radical (unpaired) electrons. The molecule has 0 heterocycles. The molecule has 0 spiro atoms. The van der Waals surface area contributed by atoms with E-state index in [1.807, 2.05) is 19.9 Å². The maximum absolute atomic E-state index is 9.15. The lowest BCUT2D eigenvalue weighted by atomic mass is 10.1. The predicted octanol–water partition coefficient (Wildman–Crippen LogP) is 3.14. The summed E-state index contributed by atoms with van der Waals surface area (Å²) in [6.45, 7) is 4.51. The smallest absolute Gasteiger partial charge is 0.175 e. The predicted molar refractivity (Wildman–Crippen MR) is 77.8 cm³/mol. The molecule has 4 nitrogen and oxygen atoms in total. The summed E-state index contributed by atoms with van der Waals surface area (Å²) < 4.78 is 17.2. The van der Waals surface area contributed by atoms with Gasteiger partial charge in [-0.2, -0.15) is 0 Å². The fraction of sp³-hybridized carbons (Fsp3) is 0.571. The zero-order valence-corrected chi connectivity index (χ0v) is 13.4. The van der Waals surface area contributed by atoms with Gasteiger partial charge in [0.25, 0.3) is 0 Å². The maximum atomic E-state index is 9.15. The Morgan fingerprint density at radius 3 is 2.47 bits per heavy atom. The Morgan fingerprint density at radius 1 is 1.26 bits per heavy atom. The van der Waals surface area contributed by atoms with E-state index in [2.05, 4.69) is 15.9 Å². The number of aliphatic hydroxyl groups is 1. The molecule has 5 heteroatoms. The third-order valence-corrected chi connectivity index (χ3v) is 3.56. The average molecular weight is 333 g/mol. The second kappa shape index (κ2) is 7.12. The van der Waals surface area contributed by atoms with Crippen LogP contribution in [0.5, 0.6) is 11.5 Å². The Labute approximate surface area is 122 Å². The standard InChI is InChI=1S/C14H21BrO4/c1-14(2,18-4)5-6-19-13-11(15)7-10(9-16)8-12(13)17-3/h7-8,16H,5-6,9H2,1-4H3. The minimum absolute atomic E-state index is 0.0358. The van der Waals surface area contributed by atoms with E-state index in [4.69, 9.17) is 19.3 Å². The highest BCUT2D eigenvalue weighted by Gasteiger charge is 2.18. The van der Waals surface area contributed by atoms with E-state index in [1.165, 1.54) is 0 Å². The molecule has 1 aromatic rings. The summed E-state index contributed by atoms with van der Waals surface area (Å²) in [5.41, 5.74) is 0.554. The summed E-state index contributed by atoms with van der Waals surface area (Å²) in [6.07, 6.45) is 0.765. The molecule has 0 fully saturated rings. The Kier molecular flexibility index (Phi) is 6.10.